The van der Waals surface area contributed by atoms with Crippen LogP contribution < -0.4 is 0 Å². The molecule has 144 valence electrons. The van der Waals surface area contributed by atoms with Gasteiger partial charge < -0.3 is 0 Å². The van der Waals surface area contributed by atoms with Gasteiger partial charge in [-0.15, -0.1) is 0 Å². The lowest BCUT2D eigenvalue weighted by molar-refractivity contribution is -0.515. The van der Waals surface area contributed by atoms with Gasteiger partial charge in [-0.05, 0) is 38.7 Å². The van der Waals surface area contributed by atoms with E-state index in [0.717, 1.165) is 32.1 Å². The number of carbonyl (C=O) groups excluding carboxylic acids is 1. The summed E-state index contributed by atoms with van der Waals surface area (Å²) in [6, 6.07) is 0. The minimum absolute atomic E-state index is 0.0754. The molecule has 0 radical (unpaired) electrons. The predicted octanol–water partition coefficient (Wildman–Crippen LogP) is 6.53. The number of unbranched alkanes of at least 4 members (excludes halogenated alkanes) is 8. The molecule has 1 unspecified atom stereocenters. The Balaban J connectivity index is 3.92. The fraction of sp³-hybridized carbons (Fsp3) is 0.950. The second kappa shape index (κ2) is 14.7. The average molecular weight is 345 g/mol. The van der Waals surface area contributed by atoms with Crippen molar-refractivity contribution in [2.24, 2.45) is 5.92 Å². The summed E-state index contributed by atoms with van der Waals surface area (Å²) in [5, 5.41) is 4.65. The van der Waals surface area contributed by atoms with Crippen LogP contribution in [-0.4, -0.2) is 11.6 Å². The Labute approximate surface area is 149 Å². The van der Waals surface area contributed by atoms with Gasteiger partial charge in [-0.3, -0.25) is 4.89 Å². The number of carbonyl (C=O) groups is 1. The Morgan fingerprint density at radius 1 is 0.792 bits per heavy atom. The van der Waals surface area contributed by atoms with Crippen LogP contribution in [0.1, 0.15) is 112 Å². The van der Waals surface area contributed by atoms with Gasteiger partial charge in [-0.2, -0.15) is 4.89 Å². The summed E-state index contributed by atoms with van der Waals surface area (Å²) >= 11 is 0. The molecule has 0 N–H and O–H groups in total. The normalized spacial score (nSPS) is 13.0. The van der Waals surface area contributed by atoms with Gasteiger partial charge in [0, 0.05) is 0 Å². The van der Waals surface area contributed by atoms with Crippen LogP contribution in [0.3, 0.4) is 0 Å². The van der Waals surface area contributed by atoms with E-state index >= 15 is 0 Å². The van der Waals surface area contributed by atoms with E-state index < -0.39 is 5.60 Å². The Kier molecular flexibility index (Phi) is 14.3. The van der Waals surface area contributed by atoms with Gasteiger partial charge in [0.15, 0.2) is 0 Å². The van der Waals surface area contributed by atoms with E-state index in [-0.39, 0.29) is 11.9 Å². The molecule has 0 aromatic heterocycles. The third kappa shape index (κ3) is 14.9. The highest BCUT2D eigenvalue weighted by atomic mass is 17.5. The average Bonchev–Trinajstić information content (AvgIpc) is 2.51. The summed E-state index contributed by atoms with van der Waals surface area (Å²) in [5.41, 5.74) is -0.489. The molecule has 0 amide bonds. The fourth-order valence-electron chi connectivity index (χ4n) is 2.58. The van der Waals surface area contributed by atoms with Crippen LogP contribution >= 0.6 is 0 Å². The molecule has 4 nitrogen and oxygen atoms in total. The molecule has 24 heavy (non-hydrogen) atoms. The second-order valence-corrected chi connectivity index (χ2v) is 7.77. The molecule has 0 heterocycles. The van der Waals surface area contributed by atoms with Gasteiger partial charge in [0.25, 0.3) is 0 Å². The van der Waals surface area contributed by atoms with Crippen molar-refractivity contribution in [3.63, 3.8) is 0 Å². The maximum atomic E-state index is 12.1. The molecule has 0 aliphatic rings. The number of rotatable bonds is 15. The lowest BCUT2D eigenvalue weighted by Crippen LogP contribution is -2.23. The summed E-state index contributed by atoms with van der Waals surface area (Å²) < 4.78 is 0. The van der Waals surface area contributed by atoms with Crippen molar-refractivity contribution < 1.29 is 19.6 Å². The molecule has 0 aromatic carbocycles. The highest BCUT2D eigenvalue weighted by molar-refractivity contribution is 5.71. The molecule has 0 fully saturated rings. The molecule has 0 saturated carbocycles. The summed E-state index contributed by atoms with van der Waals surface area (Å²) in [6.45, 7) is 9.91. The lowest BCUT2D eigenvalue weighted by Gasteiger charge is -2.18. The minimum atomic E-state index is -0.489. The van der Waals surface area contributed by atoms with Crippen molar-refractivity contribution in [1.82, 2.24) is 0 Å². The van der Waals surface area contributed by atoms with E-state index in [1.54, 1.807) is 0 Å². The van der Waals surface area contributed by atoms with E-state index in [9.17, 15) is 4.79 Å². The molecule has 0 rings (SSSR count). The molecule has 0 spiro atoms. The van der Waals surface area contributed by atoms with Crippen LogP contribution in [0.15, 0.2) is 0 Å². The largest absolute Gasteiger partial charge is 0.348 e. The molecule has 0 aliphatic carbocycles. The minimum Gasteiger partial charge on any atom is -0.269 e. The molecular formula is C20H40O4. The van der Waals surface area contributed by atoms with Crippen LogP contribution in [0.4, 0.5) is 0 Å². The van der Waals surface area contributed by atoms with Crippen LogP contribution in [-0.2, 0) is 19.6 Å². The van der Waals surface area contributed by atoms with E-state index in [1.165, 1.54) is 44.9 Å². The molecule has 0 bridgehead atoms. The zero-order chi connectivity index (χ0) is 18.3. The SMILES string of the molecule is CCCCCCCCCCC(CCCC)C(=O)OOOC(C)(C)C. The van der Waals surface area contributed by atoms with E-state index in [1.807, 2.05) is 20.8 Å². The van der Waals surface area contributed by atoms with E-state index in [4.69, 9.17) is 9.78 Å². The number of hydrogen-bond donors (Lipinski definition) is 0. The third-order valence-corrected chi connectivity index (χ3v) is 4.05. The Hall–Kier alpha value is -0.610. The van der Waals surface area contributed by atoms with Crippen LogP contribution in [0.2, 0.25) is 0 Å². The maximum absolute atomic E-state index is 12.1. The monoisotopic (exact) mass is 344 g/mol. The quantitative estimate of drug-likeness (QED) is 0.192. The second-order valence-electron chi connectivity index (χ2n) is 7.77. The van der Waals surface area contributed by atoms with Crippen molar-refractivity contribution in [2.45, 2.75) is 117 Å². The number of hydrogen-bond acceptors (Lipinski definition) is 4. The molecular weight excluding hydrogens is 304 g/mol. The van der Waals surface area contributed by atoms with Gasteiger partial charge in [0.1, 0.15) is 0 Å². The van der Waals surface area contributed by atoms with Gasteiger partial charge in [0.2, 0.25) is 0 Å². The molecule has 0 aromatic rings. The van der Waals surface area contributed by atoms with Crippen molar-refractivity contribution in [3.05, 3.63) is 0 Å². The van der Waals surface area contributed by atoms with Crippen molar-refractivity contribution >= 4 is 5.97 Å². The van der Waals surface area contributed by atoms with Crippen LogP contribution in [0.25, 0.3) is 0 Å². The first-order valence-electron chi connectivity index (χ1n) is 9.97. The summed E-state index contributed by atoms with van der Waals surface area (Å²) in [6.07, 6.45) is 14.1. The Bertz CT molecular complexity index is 297. The fourth-order valence-corrected chi connectivity index (χ4v) is 2.58. The molecule has 0 aliphatic heterocycles. The van der Waals surface area contributed by atoms with Crippen molar-refractivity contribution in [2.75, 3.05) is 0 Å². The zero-order valence-electron chi connectivity index (χ0n) is 16.7. The first kappa shape index (κ1) is 23.4. The summed E-state index contributed by atoms with van der Waals surface area (Å²) in [7, 11) is 0. The summed E-state index contributed by atoms with van der Waals surface area (Å²) in [5.74, 6) is -0.371. The lowest BCUT2D eigenvalue weighted by atomic mass is 9.95. The first-order chi connectivity index (χ1) is 11.4. The smallest absolute Gasteiger partial charge is 0.269 e. The molecule has 4 heteroatoms. The molecule has 1 atom stereocenters. The van der Waals surface area contributed by atoms with Gasteiger partial charge in [0.05, 0.1) is 11.5 Å². The highest BCUT2D eigenvalue weighted by Crippen LogP contribution is 2.20. The zero-order valence-corrected chi connectivity index (χ0v) is 16.7. The maximum Gasteiger partial charge on any atom is 0.348 e. The topological polar surface area (TPSA) is 44.8 Å². The van der Waals surface area contributed by atoms with Gasteiger partial charge in [-0.25, -0.2) is 4.79 Å². The van der Waals surface area contributed by atoms with Gasteiger partial charge >= 0.3 is 5.97 Å². The van der Waals surface area contributed by atoms with E-state index in [0.29, 0.717) is 0 Å². The Morgan fingerprint density at radius 3 is 1.83 bits per heavy atom. The highest BCUT2D eigenvalue weighted by Gasteiger charge is 2.22. The first-order valence-corrected chi connectivity index (χ1v) is 9.97. The standard InChI is InChI=1S/C20H40O4/c1-6-8-10-11-12-13-14-15-17-18(16-9-7-2)19(21)22-24-23-20(3,4)5/h18H,6-17H2,1-5H3. The van der Waals surface area contributed by atoms with Crippen molar-refractivity contribution in [3.8, 4) is 0 Å². The Morgan fingerprint density at radius 2 is 1.29 bits per heavy atom. The summed E-state index contributed by atoms with van der Waals surface area (Å²) in [4.78, 5) is 22.0. The van der Waals surface area contributed by atoms with Crippen LogP contribution in [0, 0.1) is 5.92 Å². The van der Waals surface area contributed by atoms with Gasteiger partial charge in [-0.1, -0.05) is 78.1 Å². The van der Waals surface area contributed by atoms with Crippen LogP contribution in [0.5, 0.6) is 0 Å². The molecule has 0 saturated heterocycles. The van der Waals surface area contributed by atoms with Crippen molar-refractivity contribution in [1.29, 1.82) is 0 Å². The third-order valence-electron chi connectivity index (χ3n) is 4.05. The van der Waals surface area contributed by atoms with E-state index in [2.05, 4.69) is 18.9 Å². The predicted molar refractivity (Wildman–Crippen MR) is 98.3 cm³/mol.